The molecule has 2 aliphatic rings. The van der Waals surface area contributed by atoms with Crippen molar-refractivity contribution in [1.29, 1.82) is 0 Å². The average Bonchev–Trinajstić information content (AvgIpc) is 3.34. The van der Waals surface area contributed by atoms with Crippen molar-refractivity contribution < 1.29 is 14.0 Å². The zero-order chi connectivity index (χ0) is 19.7. The molecule has 0 aliphatic carbocycles. The molecular formula is C19H26N6O3. The van der Waals surface area contributed by atoms with Crippen molar-refractivity contribution in [3.05, 3.63) is 35.0 Å². The summed E-state index contributed by atoms with van der Waals surface area (Å²) in [6, 6.07) is 2.07. The van der Waals surface area contributed by atoms with E-state index in [1.165, 1.54) is 0 Å². The number of hydrogen-bond donors (Lipinski definition) is 1. The Hall–Kier alpha value is -2.68. The minimum atomic E-state index is -0.123. The zero-order valence-electron chi connectivity index (χ0n) is 16.3. The van der Waals surface area contributed by atoms with Crippen LogP contribution in [0.2, 0.25) is 0 Å². The second-order valence-electron chi connectivity index (χ2n) is 7.48. The predicted octanol–water partition coefficient (Wildman–Crippen LogP) is 1.01. The molecule has 2 fully saturated rings. The lowest BCUT2D eigenvalue weighted by atomic mass is 10.1. The van der Waals surface area contributed by atoms with E-state index in [-0.39, 0.29) is 11.8 Å². The summed E-state index contributed by atoms with van der Waals surface area (Å²) in [7, 11) is 0. The van der Waals surface area contributed by atoms with Crippen molar-refractivity contribution in [3.63, 3.8) is 0 Å². The number of rotatable bonds is 3. The van der Waals surface area contributed by atoms with E-state index in [1.807, 2.05) is 11.6 Å². The molecule has 0 saturated carbocycles. The van der Waals surface area contributed by atoms with E-state index in [4.69, 9.17) is 4.42 Å². The summed E-state index contributed by atoms with van der Waals surface area (Å²) >= 11 is 0. The topological polar surface area (TPSA) is 96.5 Å². The fraction of sp³-hybridized carbons (Fsp3) is 0.579. The van der Waals surface area contributed by atoms with Crippen molar-refractivity contribution >= 4 is 11.8 Å². The fourth-order valence-corrected chi connectivity index (χ4v) is 3.91. The first-order valence-corrected chi connectivity index (χ1v) is 9.81. The van der Waals surface area contributed by atoms with Gasteiger partial charge in [-0.1, -0.05) is 5.21 Å². The molecule has 4 rings (SSSR count). The molecule has 0 bridgehead atoms. The summed E-state index contributed by atoms with van der Waals surface area (Å²) in [5.41, 5.74) is 0.974. The van der Waals surface area contributed by atoms with Crippen LogP contribution in [0.25, 0.3) is 0 Å². The lowest BCUT2D eigenvalue weighted by Crippen LogP contribution is -2.50. The number of nitrogens with zero attached hydrogens (tertiary/aromatic N) is 5. The van der Waals surface area contributed by atoms with Crippen LogP contribution in [-0.4, -0.2) is 75.9 Å². The summed E-state index contributed by atoms with van der Waals surface area (Å²) in [5.74, 6) is 1.20. The number of amides is 2. The highest BCUT2D eigenvalue weighted by atomic mass is 16.3. The quantitative estimate of drug-likeness (QED) is 0.846. The van der Waals surface area contributed by atoms with Gasteiger partial charge >= 0.3 is 0 Å². The van der Waals surface area contributed by atoms with Crippen LogP contribution in [0.4, 0.5) is 0 Å². The Morgan fingerprint density at radius 2 is 1.71 bits per heavy atom. The van der Waals surface area contributed by atoms with Crippen molar-refractivity contribution in [2.75, 3.05) is 39.3 Å². The van der Waals surface area contributed by atoms with Crippen LogP contribution in [0.15, 0.2) is 16.7 Å². The molecule has 9 nitrogen and oxygen atoms in total. The number of carbonyl (C=O) groups excluding carboxylic acids is 2. The number of piperidine rings is 1. The number of aromatic nitrogens is 3. The number of hydrogen-bond acceptors (Lipinski definition) is 6. The molecule has 0 spiro atoms. The minimum Gasteiger partial charge on any atom is -0.466 e. The van der Waals surface area contributed by atoms with E-state index in [1.54, 1.807) is 29.0 Å². The monoisotopic (exact) mass is 386 g/mol. The van der Waals surface area contributed by atoms with Crippen LogP contribution < -0.4 is 5.32 Å². The van der Waals surface area contributed by atoms with Crippen LogP contribution in [0, 0.1) is 13.8 Å². The third-order valence-electron chi connectivity index (χ3n) is 5.54. The van der Waals surface area contributed by atoms with E-state index in [2.05, 4.69) is 15.6 Å². The van der Waals surface area contributed by atoms with Crippen molar-refractivity contribution in [3.8, 4) is 0 Å². The summed E-state index contributed by atoms with van der Waals surface area (Å²) in [6.45, 7) is 7.51. The van der Waals surface area contributed by atoms with Crippen molar-refractivity contribution in [2.45, 2.75) is 32.7 Å². The maximum absolute atomic E-state index is 12.8. The van der Waals surface area contributed by atoms with Crippen molar-refractivity contribution in [1.82, 2.24) is 30.1 Å². The molecule has 2 saturated heterocycles. The smallest absolute Gasteiger partial charge is 0.276 e. The van der Waals surface area contributed by atoms with Gasteiger partial charge in [0.1, 0.15) is 11.5 Å². The van der Waals surface area contributed by atoms with Gasteiger partial charge in [0.15, 0.2) is 5.69 Å². The van der Waals surface area contributed by atoms with Gasteiger partial charge in [-0.2, -0.15) is 0 Å². The maximum atomic E-state index is 12.8. The minimum absolute atomic E-state index is 0.0432. The van der Waals surface area contributed by atoms with Crippen molar-refractivity contribution in [2.24, 2.45) is 0 Å². The van der Waals surface area contributed by atoms with Gasteiger partial charge in [-0.25, -0.2) is 4.68 Å². The molecule has 2 amide bonds. The standard InChI is InChI=1S/C19H26N6O3/c1-13-11-16(14(2)28-13)18(26)23-7-9-24(10-8-23)19(27)17-12-25(22-21-17)15-3-5-20-6-4-15/h11-12,15,20H,3-10H2,1-2H3. The van der Waals surface area contributed by atoms with E-state index >= 15 is 0 Å². The third-order valence-corrected chi connectivity index (χ3v) is 5.54. The van der Waals surface area contributed by atoms with Gasteiger partial charge < -0.3 is 19.5 Å². The molecule has 0 radical (unpaired) electrons. The summed E-state index contributed by atoms with van der Waals surface area (Å²) in [4.78, 5) is 29.0. The van der Waals surface area contributed by atoms with E-state index < -0.39 is 0 Å². The Labute approximate surface area is 163 Å². The zero-order valence-corrected chi connectivity index (χ0v) is 16.3. The van der Waals surface area contributed by atoms with Gasteiger partial charge in [0.05, 0.1) is 17.8 Å². The fourth-order valence-electron chi connectivity index (χ4n) is 3.91. The van der Waals surface area contributed by atoms with Crippen LogP contribution in [-0.2, 0) is 0 Å². The van der Waals surface area contributed by atoms with Gasteiger partial charge in [0.2, 0.25) is 0 Å². The molecule has 150 valence electrons. The first kappa shape index (κ1) is 18.7. The lowest BCUT2D eigenvalue weighted by molar-refractivity contribution is 0.0531. The van der Waals surface area contributed by atoms with Gasteiger partial charge in [-0.3, -0.25) is 9.59 Å². The predicted molar refractivity (Wildman–Crippen MR) is 101 cm³/mol. The summed E-state index contributed by atoms with van der Waals surface area (Å²) in [5, 5.41) is 11.6. The SMILES string of the molecule is Cc1cc(C(=O)N2CCN(C(=O)c3cn(C4CCNCC4)nn3)CC2)c(C)o1. The van der Waals surface area contributed by atoms with Gasteiger partial charge in [0.25, 0.3) is 11.8 Å². The molecule has 0 aromatic carbocycles. The molecule has 2 aromatic rings. The number of furan rings is 1. The highest BCUT2D eigenvalue weighted by Gasteiger charge is 2.29. The maximum Gasteiger partial charge on any atom is 0.276 e. The second-order valence-corrected chi connectivity index (χ2v) is 7.48. The Kier molecular flexibility index (Phi) is 5.17. The molecule has 2 aliphatic heterocycles. The average molecular weight is 386 g/mol. The highest BCUT2D eigenvalue weighted by molar-refractivity contribution is 5.96. The highest BCUT2D eigenvalue weighted by Crippen LogP contribution is 2.19. The first-order chi connectivity index (χ1) is 13.5. The van der Waals surface area contributed by atoms with Gasteiger partial charge in [-0.15, -0.1) is 5.10 Å². The number of aryl methyl sites for hydroxylation is 2. The van der Waals surface area contributed by atoms with Crippen LogP contribution in [0.1, 0.15) is 51.3 Å². The van der Waals surface area contributed by atoms with Gasteiger partial charge in [0, 0.05) is 26.2 Å². The molecule has 4 heterocycles. The Morgan fingerprint density at radius 3 is 2.32 bits per heavy atom. The molecule has 0 unspecified atom stereocenters. The normalized spacial score (nSPS) is 18.5. The molecule has 2 aromatic heterocycles. The molecular weight excluding hydrogens is 360 g/mol. The largest absolute Gasteiger partial charge is 0.466 e. The molecule has 9 heteroatoms. The Morgan fingerprint density at radius 1 is 1.07 bits per heavy atom. The van der Waals surface area contributed by atoms with E-state index in [0.717, 1.165) is 31.7 Å². The van der Waals surface area contributed by atoms with E-state index in [0.29, 0.717) is 49.2 Å². The third kappa shape index (κ3) is 3.66. The molecule has 1 N–H and O–H groups in total. The van der Waals surface area contributed by atoms with Gasteiger partial charge in [-0.05, 0) is 45.8 Å². The number of nitrogens with one attached hydrogen (secondary N) is 1. The summed E-state index contributed by atoms with van der Waals surface area (Å²) < 4.78 is 7.28. The van der Waals surface area contributed by atoms with Crippen LogP contribution in [0.5, 0.6) is 0 Å². The molecule has 0 atom stereocenters. The van der Waals surface area contributed by atoms with Crippen LogP contribution in [0.3, 0.4) is 0 Å². The Bertz CT molecular complexity index is 859. The lowest BCUT2D eigenvalue weighted by Gasteiger charge is -2.34. The first-order valence-electron chi connectivity index (χ1n) is 9.81. The van der Waals surface area contributed by atoms with Crippen LogP contribution >= 0.6 is 0 Å². The van der Waals surface area contributed by atoms with E-state index in [9.17, 15) is 9.59 Å². The number of carbonyl (C=O) groups is 2. The molecule has 28 heavy (non-hydrogen) atoms. The summed E-state index contributed by atoms with van der Waals surface area (Å²) in [6.07, 6.45) is 3.74. The number of piperazine rings is 1. The Balaban J connectivity index is 1.36. The second kappa shape index (κ2) is 7.75.